The Morgan fingerprint density at radius 1 is 1.05 bits per heavy atom. The Balaban J connectivity index is 1.95. The quantitative estimate of drug-likeness (QED) is 0.797. The summed E-state index contributed by atoms with van der Waals surface area (Å²) in [4.78, 5) is 0. The first-order valence-electron chi connectivity index (χ1n) is 7.00. The van der Waals surface area contributed by atoms with Crippen molar-refractivity contribution in [1.29, 1.82) is 0 Å². The normalized spacial score (nSPS) is 10.8. The van der Waals surface area contributed by atoms with Crippen LogP contribution in [0.5, 0.6) is 0 Å². The lowest BCUT2D eigenvalue weighted by Gasteiger charge is -2.11. The van der Waals surface area contributed by atoms with Gasteiger partial charge in [-0.25, -0.2) is 4.39 Å². The monoisotopic (exact) mass is 351 g/mol. The van der Waals surface area contributed by atoms with Gasteiger partial charge in [-0.2, -0.15) is 0 Å². The van der Waals surface area contributed by atoms with E-state index in [1.807, 2.05) is 19.1 Å². The molecule has 21 heavy (non-hydrogen) atoms. The molecular weight excluding hydrogens is 333 g/mol. The third-order valence-electron chi connectivity index (χ3n) is 3.22. The average molecular weight is 352 g/mol. The van der Waals surface area contributed by atoms with Crippen LogP contribution in [-0.4, -0.2) is 6.61 Å². The molecule has 0 amide bonds. The van der Waals surface area contributed by atoms with Crippen LogP contribution in [0, 0.1) is 5.82 Å². The summed E-state index contributed by atoms with van der Waals surface area (Å²) in [5, 5.41) is 3.29. The van der Waals surface area contributed by atoms with Crippen molar-refractivity contribution in [2.24, 2.45) is 0 Å². The third kappa shape index (κ3) is 4.92. The zero-order valence-electron chi connectivity index (χ0n) is 12.0. The molecule has 0 aromatic heterocycles. The Kier molecular flexibility index (Phi) is 6.36. The highest BCUT2D eigenvalue weighted by molar-refractivity contribution is 9.10. The molecular formula is C17H19BrFNO. The molecule has 0 aliphatic rings. The van der Waals surface area contributed by atoms with Crippen LogP contribution in [0.3, 0.4) is 0 Å². The van der Waals surface area contributed by atoms with E-state index >= 15 is 0 Å². The summed E-state index contributed by atoms with van der Waals surface area (Å²) in [6, 6.07) is 13.1. The van der Waals surface area contributed by atoms with Gasteiger partial charge in [-0.1, -0.05) is 40.2 Å². The van der Waals surface area contributed by atoms with Crippen molar-refractivity contribution in [3.63, 3.8) is 0 Å². The lowest BCUT2D eigenvalue weighted by Crippen LogP contribution is -2.15. The van der Waals surface area contributed by atoms with Gasteiger partial charge in [-0.15, -0.1) is 0 Å². The first kappa shape index (κ1) is 16.1. The number of hydrogen-bond donors (Lipinski definition) is 1. The van der Waals surface area contributed by atoms with E-state index in [-0.39, 0.29) is 5.82 Å². The van der Waals surface area contributed by atoms with Crippen LogP contribution in [0.15, 0.2) is 46.9 Å². The molecule has 2 aromatic rings. The molecule has 0 fully saturated rings. The van der Waals surface area contributed by atoms with E-state index in [0.717, 1.165) is 4.47 Å². The van der Waals surface area contributed by atoms with E-state index in [0.29, 0.717) is 31.9 Å². The summed E-state index contributed by atoms with van der Waals surface area (Å²) >= 11 is 3.36. The minimum absolute atomic E-state index is 0.187. The Morgan fingerprint density at radius 3 is 2.52 bits per heavy atom. The van der Waals surface area contributed by atoms with Gasteiger partial charge in [0.25, 0.3) is 0 Å². The molecule has 112 valence electrons. The fourth-order valence-electron chi connectivity index (χ4n) is 2.09. The highest BCUT2D eigenvalue weighted by Crippen LogP contribution is 2.16. The molecule has 0 saturated carbocycles. The largest absolute Gasteiger partial charge is 0.377 e. The van der Waals surface area contributed by atoms with Gasteiger partial charge in [-0.05, 0) is 36.2 Å². The van der Waals surface area contributed by atoms with E-state index in [1.165, 1.54) is 17.2 Å². The number of rotatable bonds is 7. The van der Waals surface area contributed by atoms with Gasteiger partial charge >= 0.3 is 0 Å². The Morgan fingerprint density at radius 2 is 1.76 bits per heavy atom. The molecule has 2 nitrogen and oxygen atoms in total. The van der Waals surface area contributed by atoms with Crippen molar-refractivity contribution in [2.45, 2.75) is 26.6 Å². The maximum atomic E-state index is 13.7. The summed E-state index contributed by atoms with van der Waals surface area (Å²) in [5.74, 6) is -0.187. The van der Waals surface area contributed by atoms with Gasteiger partial charge in [0.2, 0.25) is 0 Å². The maximum Gasteiger partial charge on any atom is 0.127 e. The SMILES string of the molecule is CCOCc1ccccc1CNCc1cc(Br)ccc1F. The van der Waals surface area contributed by atoms with E-state index in [4.69, 9.17) is 4.74 Å². The maximum absolute atomic E-state index is 13.7. The average Bonchev–Trinajstić information content (AvgIpc) is 2.50. The number of benzene rings is 2. The van der Waals surface area contributed by atoms with Crippen molar-refractivity contribution in [2.75, 3.05) is 6.61 Å². The fraction of sp³-hybridized carbons (Fsp3) is 0.294. The number of ether oxygens (including phenoxy) is 1. The van der Waals surface area contributed by atoms with Gasteiger partial charge in [0, 0.05) is 29.7 Å². The van der Waals surface area contributed by atoms with Crippen LogP contribution < -0.4 is 5.32 Å². The van der Waals surface area contributed by atoms with E-state index in [2.05, 4.69) is 33.4 Å². The number of hydrogen-bond acceptors (Lipinski definition) is 2. The highest BCUT2D eigenvalue weighted by atomic mass is 79.9. The lowest BCUT2D eigenvalue weighted by molar-refractivity contribution is 0.133. The molecule has 0 aliphatic carbocycles. The number of halogens is 2. The zero-order chi connectivity index (χ0) is 15.1. The molecule has 0 radical (unpaired) electrons. The molecule has 4 heteroatoms. The summed E-state index contributed by atoms with van der Waals surface area (Å²) in [5.41, 5.74) is 3.01. The van der Waals surface area contributed by atoms with Crippen molar-refractivity contribution >= 4 is 15.9 Å². The molecule has 0 aliphatic heterocycles. The summed E-state index contributed by atoms with van der Waals surface area (Å²) < 4.78 is 20.0. The van der Waals surface area contributed by atoms with Gasteiger partial charge in [0.15, 0.2) is 0 Å². The first-order valence-corrected chi connectivity index (χ1v) is 7.79. The standard InChI is InChI=1S/C17H19BrFNO/c1-2-21-12-14-6-4-3-5-13(14)10-20-11-15-9-16(18)7-8-17(15)19/h3-9,20H,2,10-12H2,1H3. The van der Waals surface area contributed by atoms with Gasteiger partial charge in [0.1, 0.15) is 5.82 Å². The molecule has 0 unspecified atom stereocenters. The van der Waals surface area contributed by atoms with E-state index < -0.39 is 0 Å². The Hall–Kier alpha value is -1.23. The molecule has 0 saturated heterocycles. The summed E-state index contributed by atoms with van der Waals surface area (Å²) in [7, 11) is 0. The van der Waals surface area contributed by atoms with Crippen molar-refractivity contribution in [3.05, 3.63) is 69.4 Å². The summed E-state index contributed by atoms with van der Waals surface area (Å²) in [6.45, 7) is 4.48. The van der Waals surface area contributed by atoms with Crippen LogP contribution >= 0.6 is 15.9 Å². The Labute approximate surface area is 133 Å². The van der Waals surface area contributed by atoms with E-state index in [1.54, 1.807) is 12.1 Å². The minimum Gasteiger partial charge on any atom is -0.377 e. The van der Waals surface area contributed by atoms with Crippen LogP contribution in [0.25, 0.3) is 0 Å². The van der Waals surface area contributed by atoms with Gasteiger partial charge in [0.05, 0.1) is 6.61 Å². The molecule has 0 heterocycles. The highest BCUT2D eigenvalue weighted by Gasteiger charge is 2.04. The smallest absolute Gasteiger partial charge is 0.127 e. The van der Waals surface area contributed by atoms with Crippen LogP contribution in [0.1, 0.15) is 23.6 Å². The molecule has 1 N–H and O–H groups in total. The van der Waals surface area contributed by atoms with E-state index in [9.17, 15) is 4.39 Å². The topological polar surface area (TPSA) is 21.3 Å². The second-order valence-electron chi connectivity index (χ2n) is 4.75. The summed E-state index contributed by atoms with van der Waals surface area (Å²) in [6.07, 6.45) is 0. The Bertz CT molecular complexity index is 589. The molecule has 2 aromatic carbocycles. The zero-order valence-corrected chi connectivity index (χ0v) is 13.6. The molecule has 0 bridgehead atoms. The van der Waals surface area contributed by atoms with Crippen LogP contribution in [0.2, 0.25) is 0 Å². The van der Waals surface area contributed by atoms with Gasteiger partial charge in [-0.3, -0.25) is 0 Å². The van der Waals surface area contributed by atoms with Crippen molar-refractivity contribution < 1.29 is 9.13 Å². The van der Waals surface area contributed by atoms with Crippen molar-refractivity contribution in [3.8, 4) is 0 Å². The van der Waals surface area contributed by atoms with Crippen molar-refractivity contribution in [1.82, 2.24) is 5.32 Å². The predicted octanol–water partition coefficient (Wildman–Crippen LogP) is 4.41. The van der Waals surface area contributed by atoms with Crippen LogP contribution in [-0.2, 0) is 24.4 Å². The molecule has 0 atom stereocenters. The number of nitrogens with one attached hydrogen (secondary N) is 1. The second-order valence-corrected chi connectivity index (χ2v) is 5.66. The molecule has 0 spiro atoms. The third-order valence-corrected chi connectivity index (χ3v) is 3.71. The fourth-order valence-corrected chi connectivity index (χ4v) is 2.50. The first-order chi connectivity index (χ1) is 10.2. The predicted molar refractivity (Wildman–Crippen MR) is 86.4 cm³/mol. The lowest BCUT2D eigenvalue weighted by atomic mass is 10.1. The minimum atomic E-state index is -0.187. The second kappa shape index (κ2) is 8.27. The van der Waals surface area contributed by atoms with Gasteiger partial charge < -0.3 is 10.1 Å². The molecule has 2 rings (SSSR count). The van der Waals surface area contributed by atoms with Crippen LogP contribution in [0.4, 0.5) is 4.39 Å².